The predicted molar refractivity (Wildman–Crippen MR) is 121 cm³/mol. The zero-order valence-electron chi connectivity index (χ0n) is 17.6. The lowest BCUT2D eigenvalue weighted by Gasteiger charge is -2.10. The van der Waals surface area contributed by atoms with E-state index in [1.807, 2.05) is 24.3 Å². The van der Waals surface area contributed by atoms with E-state index in [1.165, 1.54) is 6.33 Å². The molecule has 0 atom stereocenters. The van der Waals surface area contributed by atoms with Crippen LogP contribution in [0.15, 0.2) is 85.2 Å². The molecule has 0 saturated heterocycles. The first-order chi connectivity index (χ1) is 15.7. The van der Waals surface area contributed by atoms with E-state index in [0.717, 1.165) is 11.3 Å². The van der Waals surface area contributed by atoms with Crippen molar-refractivity contribution in [3.05, 3.63) is 90.8 Å². The van der Waals surface area contributed by atoms with Gasteiger partial charge in [0, 0.05) is 22.9 Å². The van der Waals surface area contributed by atoms with Crippen LogP contribution in [0.4, 0.5) is 5.69 Å². The molecule has 0 radical (unpaired) electrons. The number of rotatable bonds is 7. The Morgan fingerprint density at radius 2 is 1.59 bits per heavy atom. The van der Waals surface area contributed by atoms with Crippen molar-refractivity contribution < 1.29 is 19.0 Å². The molecule has 3 aromatic carbocycles. The highest BCUT2D eigenvalue weighted by Crippen LogP contribution is 2.31. The summed E-state index contributed by atoms with van der Waals surface area (Å²) in [5.41, 5.74) is 2.57. The lowest BCUT2D eigenvalue weighted by molar-refractivity contribution is 0.102. The van der Waals surface area contributed by atoms with Crippen LogP contribution in [0.2, 0.25) is 0 Å². The van der Waals surface area contributed by atoms with Gasteiger partial charge in [0.15, 0.2) is 11.5 Å². The number of carbonyl (C=O) groups excluding carboxylic acids is 1. The van der Waals surface area contributed by atoms with Gasteiger partial charge in [-0.25, -0.2) is 9.97 Å². The standard InChI is InChI=1S/C25H21N3O4/c1-30-20-12-10-19(11-13-20)28-25(29)18-7-5-6-17(14-18)21-15-24(27-16-26-21)32-23-9-4-3-8-22(23)31-2/h3-16H,1-2H3,(H,28,29). The Balaban J connectivity index is 1.53. The molecule has 4 rings (SSSR count). The van der Waals surface area contributed by atoms with Crippen LogP contribution in [0, 0.1) is 0 Å². The molecule has 0 fully saturated rings. The molecule has 0 saturated carbocycles. The quantitative estimate of drug-likeness (QED) is 0.436. The molecule has 160 valence electrons. The van der Waals surface area contributed by atoms with Gasteiger partial charge in [0.05, 0.1) is 19.9 Å². The van der Waals surface area contributed by atoms with Crippen LogP contribution in [-0.4, -0.2) is 30.1 Å². The molecule has 1 N–H and O–H groups in total. The topological polar surface area (TPSA) is 82.6 Å². The van der Waals surface area contributed by atoms with Crippen LogP contribution < -0.4 is 19.5 Å². The molecular weight excluding hydrogens is 406 g/mol. The summed E-state index contributed by atoms with van der Waals surface area (Å²) in [7, 11) is 3.18. The summed E-state index contributed by atoms with van der Waals surface area (Å²) in [6.07, 6.45) is 1.42. The molecule has 7 nitrogen and oxygen atoms in total. The third-order valence-electron chi connectivity index (χ3n) is 4.69. The average Bonchev–Trinajstić information content (AvgIpc) is 2.85. The third kappa shape index (κ3) is 4.84. The van der Waals surface area contributed by atoms with Gasteiger partial charge in [-0.3, -0.25) is 4.79 Å². The fourth-order valence-electron chi connectivity index (χ4n) is 3.07. The molecular formula is C25H21N3O4. The third-order valence-corrected chi connectivity index (χ3v) is 4.69. The summed E-state index contributed by atoms with van der Waals surface area (Å²) >= 11 is 0. The largest absolute Gasteiger partial charge is 0.497 e. The van der Waals surface area contributed by atoms with Crippen molar-refractivity contribution in [2.24, 2.45) is 0 Å². The number of nitrogens with zero attached hydrogens (tertiary/aromatic N) is 2. The molecule has 0 bridgehead atoms. The molecule has 0 aliphatic carbocycles. The lowest BCUT2D eigenvalue weighted by Crippen LogP contribution is -2.11. The van der Waals surface area contributed by atoms with E-state index in [9.17, 15) is 4.79 Å². The van der Waals surface area contributed by atoms with Crippen LogP contribution in [0.5, 0.6) is 23.1 Å². The van der Waals surface area contributed by atoms with Crippen molar-refractivity contribution in [1.82, 2.24) is 9.97 Å². The van der Waals surface area contributed by atoms with Crippen molar-refractivity contribution in [2.45, 2.75) is 0 Å². The smallest absolute Gasteiger partial charge is 0.255 e. The number of aromatic nitrogens is 2. The van der Waals surface area contributed by atoms with E-state index in [-0.39, 0.29) is 5.91 Å². The first-order valence-corrected chi connectivity index (χ1v) is 9.85. The maximum absolute atomic E-state index is 12.7. The monoisotopic (exact) mass is 427 g/mol. The Hall–Kier alpha value is -4.39. The SMILES string of the molecule is COc1ccc(NC(=O)c2cccc(-c3cc(Oc4ccccc4OC)ncn3)c2)cc1. The van der Waals surface area contributed by atoms with Gasteiger partial charge in [-0.1, -0.05) is 24.3 Å². The molecule has 32 heavy (non-hydrogen) atoms. The van der Waals surface area contributed by atoms with Crippen molar-refractivity contribution >= 4 is 11.6 Å². The lowest BCUT2D eigenvalue weighted by atomic mass is 10.1. The van der Waals surface area contributed by atoms with Gasteiger partial charge < -0.3 is 19.5 Å². The number of anilines is 1. The van der Waals surface area contributed by atoms with Crippen LogP contribution in [0.3, 0.4) is 0 Å². The zero-order valence-corrected chi connectivity index (χ0v) is 17.6. The molecule has 0 aliphatic heterocycles. The number of hydrogen-bond acceptors (Lipinski definition) is 6. The number of methoxy groups -OCH3 is 2. The molecule has 0 spiro atoms. The minimum Gasteiger partial charge on any atom is -0.497 e. The van der Waals surface area contributed by atoms with E-state index in [4.69, 9.17) is 14.2 Å². The molecule has 4 aromatic rings. The summed E-state index contributed by atoms with van der Waals surface area (Å²) in [5.74, 6) is 2.01. The molecule has 1 heterocycles. The first-order valence-electron chi connectivity index (χ1n) is 9.85. The van der Waals surface area contributed by atoms with E-state index in [0.29, 0.717) is 34.3 Å². The zero-order chi connectivity index (χ0) is 22.3. The average molecular weight is 427 g/mol. The Morgan fingerprint density at radius 3 is 2.34 bits per heavy atom. The molecule has 1 amide bonds. The van der Waals surface area contributed by atoms with Gasteiger partial charge in [-0.2, -0.15) is 0 Å². The van der Waals surface area contributed by atoms with Crippen LogP contribution in [0.25, 0.3) is 11.3 Å². The molecule has 1 aromatic heterocycles. The van der Waals surface area contributed by atoms with Gasteiger partial charge >= 0.3 is 0 Å². The normalized spacial score (nSPS) is 10.3. The minimum absolute atomic E-state index is 0.225. The van der Waals surface area contributed by atoms with Gasteiger partial charge in [0.1, 0.15) is 12.1 Å². The van der Waals surface area contributed by atoms with Gasteiger partial charge in [0.2, 0.25) is 5.88 Å². The number of carbonyl (C=O) groups is 1. The highest BCUT2D eigenvalue weighted by atomic mass is 16.5. The molecule has 0 aliphatic rings. The summed E-state index contributed by atoms with van der Waals surface area (Å²) in [5, 5.41) is 2.88. The Kier molecular flexibility index (Phi) is 6.27. The van der Waals surface area contributed by atoms with Gasteiger partial charge in [-0.05, 0) is 48.5 Å². The van der Waals surface area contributed by atoms with Crippen molar-refractivity contribution in [3.63, 3.8) is 0 Å². The summed E-state index contributed by atoms with van der Waals surface area (Å²) < 4.78 is 16.3. The first kappa shape index (κ1) is 20.9. The maximum atomic E-state index is 12.7. The molecule has 0 unspecified atom stereocenters. The fraction of sp³-hybridized carbons (Fsp3) is 0.0800. The second-order valence-corrected chi connectivity index (χ2v) is 6.76. The van der Waals surface area contributed by atoms with Gasteiger partial charge in [0.25, 0.3) is 5.91 Å². The number of hydrogen-bond donors (Lipinski definition) is 1. The summed E-state index contributed by atoms with van der Waals surface area (Å²) in [6.45, 7) is 0. The van der Waals surface area contributed by atoms with Crippen LogP contribution in [-0.2, 0) is 0 Å². The number of amides is 1. The van der Waals surface area contributed by atoms with Crippen molar-refractivity contribution in [2.75, 3.05) is 19.5 Å². The Labute approximate surface area is 185 Å². The van der Waals surface area contributed by atoms with Crippen molar-refractivity contribution in [3.8, 4) is 34.4 Å². The maximum Gasteiger partial charge on any atom is 0.255 e. The second-order valence-electron chi connectivity index (χ2n) is 6.76. The summed E-state index contributed by atoms with van der Waals surface area (Å²) in [6, 6.07) is 23.4. The van der Waals surface area contributed by atoms with E-state index >= 15 is 0 Å². The van der Waals surface area contributed by atoms with Crippen LogP contribution >= 0.6 is 0 Å². The van der Waals surface area contributed by atoms with Gasteiger partial charge in [-0.15, -0.1) is 0 Å². The number of para-hydroxylation sites is 2. The highest BCUT2D eigenvalue weighted by molar-refractivity contribution is 6.04. The van der Waals surface area contributed by atoms with E-state index in [1.54, 1.807) is 68.8 Å². The second kappa shape index (κ2) is 9.61. The van der Waals surface area contributed by atoms with Crippen molar-refractivity contribution in [1.29, 1.82) is 0 Å². The Morgan fingerprint density at radius 1 is 0.812 bits per heavy atom. The number of nitrogens with one attached hydrogen (secondary N) is 1. The molecule has 7 heteroatoms. The number of ether oxygens (including phenoxy) is 3. The summed E-state index contributed by atoms with van der Waals surface area (Å²) in [4.78, 5) is 21.2. The van der Waals surface area contributed by atoms with Crippen LogP contribution in [0.1, 0.15) is 10.4 Å². The predicted octanol–water partition coefficient (Wildman–Crippen LogP) is 5.21. The minimum atomic E-state index is -0.225. The Bertz CT molecular complexity index is 1230. The fourth-order valence-corrected chi connectivity index (χ4v) is 3.07. The number of benzene rings is 3. The van der Waals surface area contributed by atoms with E-state index in [2.05, 4.69) is 15.3 Å². The van der Waals surface area contributed by atoms with E-state index < -0.39 is 0 Å². The highest BCUT2D eigenvalue weighted by Gasteiger charge is 2.11.